The summed E-state index contributed by atoms with van der Waals surface area (Å²) < 4.78 is 18.4. The van der Waals surface area contributed by atoms with E-state index in [1.165, 1.54) is 24.3 Å². The van der Waals surface area contributed by atoms with Gasteiger partial charge in [0.05, 0.1) is 25.3 Å². The number of nitrogens with zero attached hydrogens (tertiary/aromatic N) is 2. The molecule has 0 spiro atoms. The van der Waals surface area contributed by atoms with Gasteiger partial charge in [0.2, 0.25) is 5.91 Å². The van der Waals surface area contributed by atoms with Crippen LogP contribution in [0.1, 0.15) is 6.42 Å². The fourth-order valence-corrected chi connectivity index (χ4v) is 3.40. The van der Waals surface area contributed by atoms with Gasteiger partial charge in [-0.15, -0.1) is 0 Å². The van der Waals surface area contributed by atoms with Crippen molar-refractivity contribution >= 4 is 28.9 Å². The van der Waals surface area contributed by atoms with Crippen LogP contribution in [-0.2, 0) is 14.3 Å². The van der Waals surface area contributed by atoms with Gasteiger partial charge in [0.1, 0.15) is 11.9 Å². The SMILES string of the molecule is O=C1C[C@H](Nc2ccc(N3CCOCC3)cc2)C(=O)N1c1ccc(F)cc1. The van der Waals surface area contributed by atoms with Gasteiger partial charge in [0, 0.05) is 24.5 Å². The second kappa shape index (κ2) is 7.36. The highest BCUT2D eigenvalue weighted by Gasteiger charge is 2.39. The zero-order valence-electron chi connectivity index (χ0n) is 14.7. The summed E-state index contributed by atoms with van der Waals surface area (Å²) in [4.78, 5) is 28.3. The highest BCUT2D eigenvalue weighted by atomic mass is 19.1. The molecule has 4 rings (SSSR count). The lowest BCUT2D eigenvalue weighted by atomic mass is 10.2. The van der Waals surface area contributed by atoms with Gasteiger partial charge in [-0.1, -0.05) is 0 Å². The Labute approximate surface area is 156 Å². The van der Waals surface area contributed by atoms with Gasteiger partial charge in [-0.2, -0.15) is 0 Å². The van der Waals surface area contributed by atoms with Gasteiger partial charge in [-0.25, -0.2) is 9.29 Å². The fraction of sp³-hybridized carbons (Fsp3) is 0.300. The third-order valence-corrected chi connectivity index (χ3v) is 4.82. The Hall–Kier alpha value is -2.93. The molecule has 1 atom stereocenters. The lowest BCUT2D eigenvalue weighted by molar-refractivity contribution is -0.121. The van der Waals surface area contributed by atoms with Crippen molar-refractivity contribution in [1.82, 2.24) is 0 Å². The van der Waals surface area contributed by atoms with Gasteiger partial charge in [-0.3, -0.25) is 9.59 Å². The first-order chi connectivity index (χ1) is 13.1. The van der Waals surface area contributed by atoms with E-state index in [0.717, 1.165) is 42.6 Å². The van der Waals surface area contributed by atoms with Crippen molar-refractivity contribution in [3.05, 3.63) is 54.3 Å². The summed E-state index contributed by atoms with van der Waals surface area (Å²) in [5, 5.41) is 3.13. The van der Waals surface area contributed by atoms with Gasteiger partial charge in [0.25, 0.3) is 5.91 Å². The summed E-state index contributed by atoms with van der Waals surface area (Å²) in [5.74, 6) is -1.04. The molecule has 2 aromatic carbocycles. The van der Waals surface area contributed by atoms with E-state index >= 15 is 0 Å². The summed E-state index contributed by atoms with van der Waals surface area (Å²) in [6.45, 7) is 3.15. The molecule has 0 saturated carbocycles. The summed E-state index contributed by atoms with van der Waals surface area (Å²) >= 11 is 0. The van der Waals surface area contributed by atoms with Crippen LogP contribution in [0.2, 0.25) is 0 Å². The van der Waals surface area contributed by atoms with Gasteiger partial charge < -0.3 is 15.0 Å². The molecule has 2 amide bonds. The number of ether oxygens (including phenoxy) is 1. The second-order valence-electron chi connectivity index (χ2n) is 6.59. The molecule has 2 saturated heterocycles. The van der Waals surface area contributed by atoms with Gasteiger partial charge >= 0.3 is 0 Å². The number of carbonyl (C=O) groups excluding carboxylic acids is 2. The van der Waals surface area contributed by atoms with E-state index in [1.807, 2.05) is 24.3 Å². The molecule has 2 heterocycles. The molecular formula is C20H20FN3O3. The Morgan fingerprint density at radius 2 is 1.56 bits per heavy atom. The minimum absolute atomic E-state index is 0.0709. The van der Waals surface area contributed by atoms with Crippen molar-refractivity contribution in [1.29, 1.82) is 0 Å². The standard InChI is InChI=1S/C20H20FN3O3/c21-14-1-5-17(6-2-14)24-19(25)13-18(20(24)26)22-15-3-7-16(8-4-15)23-9-11-27-12-10-23/h1-8,18,22H,9-13H2/t18-/m0/s1. The smallest absolute Gasteiger partial charge is 0.256 e. The van der Waals surface area contributed by atoms with Gasteiger partial charge in [0.15, 0.2) is 0 Å². The predicted molar refractivity (Wildman–Crippen MR) is 100 cm³/mol. The number of halogens is 1. The predicted octanol–water partition coefficient (Wildman–Crippen LogP) is 2.41. The van der Waals surface area contributed by atoms with Crippen LogP contribution in [-0.4, -0.2) is 44.2 Å². The number of amides is 2. The van der Waals surface area contributed by atoms with Crippen LogP contribution in [0.3, 0.4) is 0 Å². The highest BCUT2D eigenvalue weighted by Crippen LogP contribution is 2.26. The third-order valence-electron chi connectivity index (χ3n) is 4.82. The average molecular weight is 369 g/mol. The van der Waals surface area contributed by atoms with Crippen molar-refractivity contribution in [2.45, 2.75) is 12.5 Å². The Morgan fingerprint density at radius 3 is 2.22 bits per heavy atom. The molecular weight excluding hydrogens is 349 g/mol. The number of carbonyl (C=O) groups is 2. The lowest BCUT2D eigenvalue weighted by Crippen LogP contribution is -2.36. The summed E-state index contributed by atoms with van der Waals surface area (Å²) in [6.07, 6.45) is 0.0709. The number of imide groups is 1. The average Bonchev–Trinajstić information content (AvgIpc) is 2.97. The molecule has 140 valence electrons. The number of benzene rings is 2. The molecule has 2 aliphatic rings. The van der Waals surface area contributed by atoms with E-state index in [2.05, 4.69) is 10.2 Å². The van der Waals surface area contributed by atoms with Crippen LogP contribution in [0, 0.1) is 5.82 Å². The maximum absolute atomic E-state index is 13.1. The lowest BCUT2D eigenvalue weighted by Gasteiger charge is -2.29. The van der Waals surface area contributed by atoms with Crippen molar-refractivity contribution in [3.63, 3.8) is 0 Å². The van der Waals surface area contributed by atoms with Crippen LogP contribution in [0.15, 0.2) is 48.5 Å². The molecule has 2 aliphatic heterocycles. The van der Waals surface area contributed by atoms with Crippen LogP contribution in [0.4, 0.5) is 21.5 Å². The van der Waals surface area contributed by atoms with Crippen molar-refractivity contribution < 1.29 is 18.7 Å². The van der Waals surface area contributed by atoms with Crippen molar-refractivity contribution in [2.24, 2.45) is 0 Å². The van der Waals surface area contributed by atoms with Crippen LogP contribution < -0.4 is 15.1 Å². The number of nitrogens with one attached hydrogen (secondary N) is 1. The molecule has 7 heteroatoms. The molecule has 6 nitrogen and oxygen atoms in total. The maximum Gasteiger partial charge on any atom is 0.256 e. The largest absolute Gasteiger partial charge is 0.378 e. The highest BCUT2D eigenvalue weighted by molar-refractivity contribution is 6.23. The molecule has 2 fully saturated rings. The molecule has 2 aromatic rings. The minimum Gasteiger partial charge on any atom is -0.378 e. The summed E-state index contributed by atoms with van der Waals surface area (Å²) in [7, 11) is 0. The minimum atomic E-state index is -0.628. The molecule has 0 aliphatic carbocycles. The first-order valence-electron chi connectivity index (χ1n) is 8.93. The van der Waals surface area contributed by atoms with E-state index in [1.54, 1.807) is 0 Å². The fourth-order valence-electron chi connectivity index (χ4n) is 3.40. The summed E-state index contributed by atoms with van der Waals surface area (Å²) in [5.41, 5.74) is 2.27. The van der Waals surface area contributed by atoms with Crippen LogP contribution >= 0.6 is 0 Å². The number of rotatable bonds is 4. The number of hydrogen-bond donors (Lipinski definition) is 1. The van der Waals surface area contributed by atoms with Crippen LogP contribution in [0.5, 0.6) is 0 Å². The quantitative estimate of drug-likeness (QED) is 0.839. The van der Waals surface area contributed by atoms with Crippen molar-refractivity contribution in [3.8, 4) is 0 Å². The van der Waals surface area contributed by atoms with E-state index in [0.29, 0.717) is 5.69 Å². The Balaban J connectivity index is 1.44. The molecule has 0 bridgehead atoms. The molecule has 0 radical (unpaired) electrons. The normalized spacial score (nSPS) is 20.3. The van der Waals surface area contributed by atoms with E-state index in [4.69, 9.17) is 4.74 Å². The number of morpholine rings is 1. The van der Waals surface area contributed by atoms with E-state index < -0.39 is 11.9 Å². The van der Waals surface area contributed by atoms with Gasteiger partial charge in [-0.05, 0) is 48.5 Å². The van der Waals surface area contributed by atoms with Crippen LogP contribution in [0.25, 0.3) is 0 Å². The monoisotopic (exact) mass is 369 g/mol. The molecule has 27 heavy (non-hydrogen) atoms. The first-order valence-corrected chi connectivity index (χ1v) is 8.93. The zero-order chi connectivity index (χ0) is 18.8. The Kier molecular flexibility index (Phi) is 4.77. The second-order valence-corrected chi connectivity index (χ2v) is 6.59. The molecule has 1 N–H and O–H groups in total. The molecule has 0 aromatic heterocycles. The zero-order valence-corrected chi connectivity index (χ0v) is 14.7. The Morgan fingerprint density at radius 1 is 0.926 bits per heavy atom. The topological polar surface area (TPSA) is 61.9 Å². The third kappa shape index (κ3) is 3.64. The van der Waals surface area contributed by atoms with E-state index in [-0.39, 0.29) is 18.2 Å². The number of hydrogen-bond acceptors (Lipinski definition) is 5. The van der Waals surface area contributed by atoms with Crippen molar-refractivity contribution in [2.75, 3.05) is 41.4 Å². The Bertz CT molecular complexity index is 833. The van der Waals surface area contributed by atoms with E-state index in [9.17, 15) is 14.0 Å². The summed E-state index contributed by atoms with van der Waals surface area (Å²) in [6, 6.07) is 12.5. The maximum atomic E-state index is 13.1. The number of anilines is 3. The molecule has 0 unspecified atom stereocenters. The first kappa shape index (κ1) is 17.5.